The number of benzene rings is 1. The van der Waals surface area contributed by atoms with Crippen LogP contribution in [0.15, 0.2) is 61.4 Å². The molecule has 1 saturated heterocycles. The maximum atomic E-state index is 12.9. The molecule has 1 aromatic carbocycles. The number of nitriles is 1. The van der Waals surface area contributed by atoms with Crippen LogP contribution in [0.4, 0.5) is 22.5 Å². The number of methoxy groups -OCH3 is 1. The van der Waals surface area contributed by atoms with Gasteiger partial charge in [0.25, 0.3) is 5.91 Å². The molecule has 2 atom stereocenters. The molecule has 1 fully saturated rings. The average Bonchev–Trinajstić information content (AvgIpc) is 3.54. The van der Waals surface area contributed by atoms with Crippen LogP contribution in [-0.2, 0) is 4.79 Å². The molecule has 2 aliphatic heterocycles. The van der Waals surface area contributed by atoms with E-state index in [1.165, 1.54) is 12.3 Å². The van der Waals surface area contributed by atoms with E-state index in [0.717, 1.165) is 16.9 Å². The van der Waals surface area contributed by atoms with E-state index in [0.29, 0.717) is 74.8 Å². The zero-order valence-corrected chi connectivity index (χ0v) is 26.6. The summed E-state index contributed by atoms with van der Waals surface area (Å²) >= 11 is 7.44. The van der Waals surface area contributed by atoms with Crippen molar-refractivity contribution in [3.63, 3.8) is 0 Å². The first-order chi connectivity index (χ1) is 22.3. The molecule has 6 rings (SSSR count). The standard InChI is InChI=1S/C32H29ClN8O4S/c1-4-27(42)40-16-21-17-45-25-12-19(13-35-30(25)41(21)15-20(40)10-11-34)23-8-9-24(44-3)29(37-23)39-32-36-14-26(46-32)31(43)38-28-18(2)6-5-7-22(28)33/h4-9,12-14,20-21H,1,10,15-17H2,2-3H3,(H,38,43)(H,36,37,39). The van der Waals surface area contributed by atoms with Crippen LogP contribution in [0, 0.1) is 18.3 Å². The van der Waals surface area contributed by atoms with Crippen molar-refractivity contribution >= 4 is 57.2 Å². The minimum atomic E-state index is -0.328. The number of hydrogen-bond acceptors (Lipinski definition) is 11. The molecule has 0 radical (unpaired) electrons. The predicted octanol–water partition coefficient (Wildman–Crippen LogP) is 5.44. The number of halogens is 1. The fourth-order valence-electron chi connectivity index (χ4n) is 5.47. The monoisotopic (exact) mass is 656 g/mol. The van der Waals surface area contributed by atoms with Gasteiger partial charge in [0.15, 0.2) is 28.3 Å². The van der Waals surface area contributed by atoms with Gasteiger partial charge in [-0.2, -0.15) is 5.26 Å². The smallest absolute Gasteiger partial charge is 0.267 e. The maximum absolute atomic E-state index is 12.9. The van der Waals surface area contributed by atoms with Crippen molar-refractivity contribution in [2.24, 2.45) is 0 Å². The van der Waals surface area contributed by atoms with Gasteiger partial charge >= 0.3 is 0 Å². The van der Waals surface area contributed by atoms with Gasteiger partial charge in [0, 0.05) is 24.8 Å². The van der Waals surface area contributed by atoms with E-state index in [9.17, 15) is 14.9 Å². The molecular formula is C32H29ClN8O4S. The van der Waals surface area contributed by atoms with E-state index in [4.69, 9.17) is 31.0 Å². The van der Waals surface area contributed by atoms with Crippen molar-refractivity contribution in [2.75, 3.05) is 42.3 Å². The number of anilines is 4. The van der Waals surface area contributed by atoms with Gasteiger partial charge in [0.2, 0.25) is 5.91 Å². The van der Waals surface area contributed by atoms with Gasteiger partial charge in [-0.3, -0.25) is 9.59 Å². The van der Waals surface area contributed by atoms with Crippen LogP contribution in [-0.4, -0.2) is 70.6 Å². The first-order valence-electron chi connectivity index (χ1n) is 14.3. The largest absolute Gasteiger partial charge is 0.493 e. The minimum Gasteiger partial charge on any atom is -0.493 e. The highest BCUT2D eigenvalue weighted by atomic mass is 35.5. The van der Waals surface area contributed by atoms with E-state index < -0.39 is 0 Å². The van der Waals surface area contributed by atoms with Crippen LogP contribution in [0.3, 0.4) is 0 Å². The van der Waals surface area contributed by atoms with Gasteiger partial charge in [-0.1, -0.05) is 41.6 Å². The van der Waals surface area contributed by atoms with Crippen LogP contribution in [0.5, 0.6) is 11.5 Å². The maximum Gasteiger partial charge on any atom is 0.267 e. The van der Waals surface area contributed by atoms with E-state index in [-0.39, 0.29) is 30.3 Å². The van der Waals surface area contributed by atoms with Crippen molar-refractivity contribution in [1.29, 1.82) is 5.26 Å². The Bertz CT molecular complexity index is 1850. The van der Waals surface area contributed by atoms with Crippen LogP contribution >= 0.6 is 22.9 Å². The topological polar surface area (TPSA) is 146 Å². The molecule has 234 valence electrons. The quantitative estimate of drug-likeness (QED) is 0.235. The second-order valence-electron chi connectivity index (χ2n) is 10.7. The summed E-state index contributed by atoms with van der Waals surface area (Å²) in [6.45, 7) is 6.70. The number of aromatic nitrogens is 3. The Kier molecular flexibility index (Phi) is 8.74. The molecule has 3 aromatic heterocycles. The Labute approximate surface area is 274 Å². The molecule has 46 heavy (non-hydrogen) atoms. The second-order valence-corrected chi connectivity index (χ2v) is 12.1. The van der Waals surface area contributed by atoms with Crippen molar-refractivity contribution in [3.8, 4) is 28.8 Å². The van der Waals surface area contributed by atoms with Gasteiger partial charge < -0.3 is 29.9 Å². The second kappa shape index (κ2) is 13.0. The third-order valence-corrected chi connectivity index (χ3v) is 9.03. The zero-order valence-electron chi connectivity index (χ0n) is 25.0. The zero-order chi connectivity index (χ0) is 32.4. The Morgan fingerprint density at radius 1 is 1.26 bits per heavy atom. The Morgan fingerprint density at radius 3 is 2.87 bits per heavy atom. The molecule has 4 aromatic rings. The number of ether oxygens (including phenoxy) is 2. The average molecular weight is 657 g/mol. The normalized spacial score (nSPS) is 16.7. The van der Waals surface area contributed by atoms with Crippen LogP contribution in [0.25, 0.3) is 11.3 Å². The lowest BCUT2D eigenvalue weighted by Gasteiger charge is -2.48. The highest BCUT2D eigenvalue weighted by molar-refractivity contribution is 7.17. The molecule has 2 unspecified atom stereocenters. The number of aryl methyl sites for hydroxylation is 1. The Balaban J connectivity index is 1.21. The number of rotatable bonds is 8. The highest BCUT2D eigenvalue weighted by Gasteiger charge is 2.40. The summed E-state index contributed by atoms with van der Waals surface area (Å²) in [4.78, 5) is 43.4. The number of nitrogens with one attached hydrogen (secondary N) is 2. The molecule has 2 amide bonds. The number of piperazine rings is 1. The van der Waals surface area contributed by atoms with Gasteiger partial charge in [-0.25, -0.2) is 15.0 Å². The van der Waals surface area contributed by atoms with Crippen molar-refractivity contribution < 1.29 is 19.1 Å². The molecule has 0 saturated carbocycles. The molecule has 0 spiro atoms. The van der Waals surface area contributed by atoms with E-state index in [1.807, 2.05) is 31.2 Å². The summed E-state index contributed by atoms with van der Waals surface area (Å²) in [7, 11) is 1.54. The van der Waals surface area contributed by atoms with Crippen LogP contribution in [0.1, 0.15) is 21.7 Å². The minimum absolute atomic E-state index is 0.0985. The number of amides is 2. The van der Waals surface area contributed by atoms with Gasteiger partial charge in [0.1, 0.15) is 11.5 Å². The number of para-hydroxylation sites is 1. The van der Waals surface area contributed by atoms with E-state index >= 15 is 0 Å². The first kappa shape index (κ1) is 30.8. The summed E-state index contributed by atoms with van der Waals surface area (Å²) in [6.07, 6.45) is 4.68. The lowest BCUT2D eigenvalue weighted by molar-refractivity contribution is -0.129. The SMILES string of the molecule is C=CC(=O)N1CC2COc3cc(-c4ccc(OC)c(Nc5ncc(C(=O)Nc6c(C)cccc6Cl)s5)n4)cnc3N2CC1CC#N. The number of pyridine rings is 2. The van der Waals surface area contributed by atoms with Crippen molar-refractivity contribution in [1.82, 2.24) is 19.9 Å². The fourth-order valence-corrected chi connectivity index (χ4v) is 6.45. The molecule has 12 nitrogen and oxygen atoms in total. The van der Waals surface area contributed by atoms with Gasteiger partial charge in [-0.15, -0.1) is 0 Å². The molecular weight excluding hydrogens is 628 g/mol. The number of fused-ring (bicyclic) bond motifs is 3. The summed E-state index contributed by atoms with van der Waals surface area (Å²) < 4.78 is 11.6. The van der Waals surface area contributed by atoms with Crippen molar-refractivity contribution in [3.05, 3.63) is 76.9 Å². The third kappa shape index (κ3) is 6.04. The number of thiazole rings is 1. The predicted molar refractivity (Wildman–Crippen MR) is 176 cm³/mol. The molecule has 5 heterocycles. The van der Waals surface area contributed by atoms with Crippen LogP contribution < -0.4 is 25.0 Å². The number of carbonyl (C=O) groups is 2. The number of carbonyl (C=O) groups excluding carboxylic acids is 2. The third-order valence-electron chi connectivity index (χ3n) is 7.81. The van der Waals surface area contributed by atoms with Gasteiger partial charge in [0.05, 0.1) is 54.3 Å². The molecule has 2 N–H and O–H groups in total. The lowest BCUT2D eigenvalue weighted by Crippen LogP contribution is -2.62. The Hall–Kier alpha value is -5.19. The highest BCUT2D eigenvalue weighted by Crippen LogP contribution is 2.38. The molecule has 0 aliphatic carbocycles. The molecule has 0 bridgehead atoms. The fraction of sp³-hybridized carbons (Fsp3) is 0.250. The summed E-state index contributed by atoms with van der Waals surface area (Å²) in [5.41, 5.74) is 2.73. The van der Waals surface area contributed by atoms with E-state index in [2.05, 4.69) is 33.2 Å². The number of hydrogen-bond donors (Lipinski definition) is 2. The number of nitrogens with zero attached hydrogens (tertiary/aromatic N) is 6. The van der Waals surface area contributed by atoms with Crippen LogP contribution in [0.2, 0.25) is 5.02 Å². The van der Waals surface area contributed by atoms with E-state index in [1.54, 1.807) is 30.3 Å². The molecule has 14 heteroatoms. The summed E-state index contributed by atoms with van der Waals surface area (Å²) in [6, 6.07) is 12.7. The summed E-state index contributed by atoms with van der Waals surface area (Å²) in [5, 5.41) is 16.3. The Morgan fingerprint density at radius 2 is 2.11 bits per heavy atom. The first-order valence-corrected chi connectivity index (χ1v) is 15.5. The lowest BCUT2D eigenvalue weighted by atomic mass is 10.0. The van der Waals surface area contributed by atoms with Gasteiger partial charge in [-0.05, 0) is 42.8 Å². The van der Waals surface area contributed by atoms with Crippen molar-refractivity contribution in [2.45, 2.75) is 25.4 Å². The summed E-state index contributed by atoms with van der Waals surface area (Å²) in [5.74, 6) is 1.60. The molecule has 2 aliphatic rings.